The average molecular weight is 656 g/mol. The van der Waals surface area contributed by atoms with Crippen molar-refractivity contribution in [1.82, 2.24) is 9.13 Å². The highest BCUT2D eigenvalue weighted by atomic mass is 15.0. The number of hydrogen-bond acceptors (Lipinski definition) is 0. The zero-order valence-corrected chi connectivity index (χ0v) is 25.9. The van der Waals surface area contributed by atoms with E-state index >= 15 is 0 Å². The summed E-state index contributed by atoms with van der Waals surface area (Å²) < 4.78 is 174. The van der Waals surface area contributed by atoms with Crippen molar-refractivity contribution in [3.8, 4) is 44.8 Å². The zero-order valence-electron chi connectivity index (χ0n) is 44.9. The van der Waals surface area contributed by atoms with Crippen molar-refractivity contribution in [3.63, 3.8) is 0 Å². The van der Waals surface area contributed by atoms with Crippen LogP contribution in [0, 0.1) is 0 Å². The van der Waals surface area contributed by atoms with Crippen LogP contribution in [0.2, 0.25) is 0 Å². The van der Waals surface area contributed by atoms with Crippen LogP contribution in [-0.4, -0.2) is 9.13 Å². The lowest BCUT2D eigenvalue weighted by Crippen LogP contribution is -1.94. The fourth-order valence-corrected chi connectivity index (χ4v) is 6.36. The van der Waals surface area contributed by atoms with E-state index in [2.05, 4.69) is 0 Å². The molecule has 0 fully saturated rings. The lowest BCUT2D eigenvalue weighted by molar-refractivity contribution is 1.18. The Bertz CT molecular complexity index is 3950. The van der Waals surface area contributed by atoms with Gasteiger partial charge in [-0.05, 0) is 93.9 Å². The van der Waals surface area contributed by atoms with E-state index in [1.165, 1.54) is 51.6 Å². The first kappa shape index (κ1) is 15.3. The third-order valence-corrected chi connectivity index (χ3v) is 8.64. The highest BCUT2D eigenvalue weighted by Gasteiger charge is 2.16. The number of rotatable bonds is 5. The third-order valence-electron chi connectivity index (χ3n) is 8.64. The zero-order chi connectivity index (χ0) is 49.6. The third kappa shape index (κ3) is 4.57. The molecule has 2 heteroatoms. The number of benzene rings is 8. The van der Waals surface area contributed by atoms with Crippen molar-refractivity contribution in [2.45, 2.75) is 0 Å². The van der Waals surface area contributed by atoms with Gasteiger partial charge < -0.3 is 9.13 Å². The highest BCUT2D eigenvalue weighted by molar-refractivity contribution is 6.12. The monoisotopic (exact) mass is 655 g/mol. The molecule has 8 aromatic carbocycles. The Morgan fingerprint density at radius 3 is 1.54 bits per heavy atom. The molecule has 0 unspecified atom stereocenters. The van der Waals surface area contributed by atoms with Crippen LogP contribution in [0.5, 0.6) is 0 Å². The van der Waals surface area contributed by atoms with Crippen molar-refractivity contribution in [1.29, 1.82) is 0 Å². The molecule has 50 heavy (non-hydrogen) atoms. The van der Waals surface area contributed by atoms with Crippen LogP contribution < -0.4 is 0 Å². The molecule has 0 atom stereocenters. The van der Waals surface area contributed by atoms with Crippen LogP contribution in [0.1, 0.15) is 26.0 Å². The van der Waals surface area contributed by atoms with Gasteiger partial charge in [0.2, 0.25) is 0 Å². The Morgan fingerprint density at radius 2 is 0.880 bits per heavy atom. The first-order valence-electron chi connectivity index (χ1n) is 25.1. The van der Waals surface area contributed by atoms with Crippen LogP contribution >= 0.6 is 0 Å². The molecule has 0 amide bonds. The van der Waals surface area contributed by atoms with Gasteiger partial charge in [0.25, 0.3) is 0 Å². The average Bonchev–Trinajstić information content (AvgIpc) is 3.88. The predicted molar refractivity (Wildman–Crippen MR) is 211 cm³/mol. The molecule has 0 saturated carbocycles. The number of para-hydroxylation sites is 2. The molecule has 2 nitrogen and oxygen atoms in total. The SMILES string of the molecule is [2H]c1ccc(-c2ccc(-n3c4c([2H])c([2H])c([2H])c([2H])c4c4c([2H])c(-c5c([2H])c([2H])c6c(c5[2H])c5c([2H])c([2H])c([2H])c([2H])c5n6-c5ccc([2H])c(-c6ccc([2H])cc6[2H])c5)c([2H])c([2H])c43)cc2[2H])cc1. The van der Waals surface area contributed by atoms with Crippen molar-refractivity contribution in [2.75, 3.05) is 0 Å². The number of aromatic nitrogens is 2. The van der Waals surface area contributed by atoms with E-state index in [-0.39, 0.29) is 96.3 Å². The Labute approximate surface area is 317 Å². The number of nitrogens with zero attached hydrogens (tertiary/aromatic N) is 2. The van der Waals surface area contributed by atoms with Gasteiger partial charge in [0.1, 0.15) is 0 Å². The molecular weight excluding hydrogens is 605 g/mol. The summed E-state index contributed by atoms with van der Waals surface area (Å²) in [5, 5.41) is -0.984. The van der Waals surface area contributed by atoms with E-state index in [0.717, 1.165) is 0 Å². The fraction of sp³-hybridized carbons (Fsp3) is 0. The van der Waals surface area contributed by atoms with E-state index in [1.54, 1.807) is 36.4 Å². The van der Waals surface area contributed by atoms with Gasteiger partial charge in [-0.1, -0.05) is 133 Å². The molecule has 0 radical (unpaired) electrons. The summed E-state index contributed by atoms with van der Waals surface area (Å²) in [6, 6.07) is 10.8. The Hall–Kier alpha value is -6.64. The van der Waals surface area contributed by atoms with Crippen molar-refractivity contribution >= 4 is 43.6 Å². The fourth-order valence-electron chi connectivity index (χ4n) is 6.36. The van der Waals surface area contributed by atoms with Gasteiger partial charge in [0.15, 0.2) is 0 Å². The predicted octanol–water partition coefficient (Wildman–Crippen LogP) is 12.9. The quantitative estimate of drug-likeness (QED) is 0.175. The second-order valence-corrected chi connectivity index (χ2v) is 11.5. The summed E-state index contributed by atoms with van der Waals surface area (Å²) >= 11 is 0. The second-order valence-electron chi connectivity index (χ2n) is 11.5. The van der Waals surface area contributed by atoms with Crippen LogP contribution in [-0.2, 0) is 0 Å². The largest absolute Gasteiger partial charge is 0.309 e. The minimum Gasteiger partial charge on any atom is -0.309 e. The van der Waals surface area contributed by atoms with Crippen LogP contribution in [0.3, 0.4) is 0 Å². The molecule has 2 aromatic heterocycles. The van der Waals surface area contributed by atoms with Crippen LogP contribution in [0.4, 0.5) is 0 Å². The molecule has 0 bridgehead atoms. The van der Waals surface area contributed by atoms with Gasteiger partial charge in [0, 0.05) is 32.9 Å². The maximum absolute atomic E-state index is 9.83. The first-order valence-corrected chi connectivity index (χ1v) is 15.6. The Kier molecular flexibility index (Phi) is 3.52. The number of fused-ring (bicyclic) bond motifs is 6. The van der Waals surface area contributed by atoms with Crippen molar-refractivity contribution in [2.24, 2.45) is 0 Å². The molecule has 0 saturated heterocycles. The van der Waals surface area contributed by atoms with Crippen LogP contribution in [0.15, 0.2) is 194 Å². The van der Waals surface area contributed by atoms with E-state index in [4.69, 9.17) is 17.8 Å². The number of hydrogen-bond donors (Lipinski definition) is 0. The van der Waals surface area contributed by atoms with Gasteiger partial charge in [-0.2, -0.15) is 0 Å². The van der Waals surface area contributed by atoms with E-state index in [9.17, 15) is 8.22 Å². The highest BCUT2D eigenvalue weighted by Crippen LogP contribution is 2.39. The minimum atomic E-state index is -0.733. The Morgan fingerprint density at radius 1 is 0.320 bits per heavy atom. The molecule has 0 aliphatic heterocycles. The summed E-state index contributed by atoms with van der Waals surface area (Å²) in [6.45, 7) is 0. The van der Waals surface area contributed by atoms with Crippen molar-refractivity contribution in [3.05, 3.63) is 194 Å². The Balaban J connectivity index is 1.32. The molecule has 0 N–H and O–H groups in total. The molecule has 0 spiro atoms. The van der Waals surface area contributed by atoms with Gasteiger partial charge in [-0.3, -0.25) is 0 Å². The first-order chi connectivity index (χ1) is 32.7. The normalized spacial score (nSPS) is 16.9. The molecule has 0 aliphatic carbocycles. The summed E-state index contributed by atoms with van der Waals surface area (Å²) in [4.78, 5) is 0. The second kappa shape index (κ2) is 11.5. The minimum absolute atomic E-state index is 0.0247. The van der Waals surface area contributed by atoms with E-state index < -0.39 is 95.7 Å². The van der Waals surface area contributed by atoms with Crippen molar-refractivity contribution < 1.29 is 26.0 Å². The molecule has 0 aliphatic rings. The maximum atomic E-state index is 9.83. The molecule has 234 valence electrons. The smallest absolute Gasteiger partial charge is 0.0645 e. The lowest BCUT2D eigenvalue weighted by Gasteiger charge is -2.11. The van der Waals surface area contributed by atoms with E-state index in [0.29, 0.717) is 11.1 Å². The van der Waals surface area contributed by atoms with Gasteiger partial charge >= 0.3 is 0 Å². The van der Waals surface area contributed by atoms with Crippen LogP contribution in [0.25, 0.3) is 88.4 Å². The summed E-state index contributed by atoms with van der Waals surface area (Å²) in [7, 11) is 0. The summed E-state index contributed by atoms with van der Waals surface area (Å²) in [5.41, 5.74) is -0.0344. The maximum Gasteiger partial charge on any atom is 0.0645 e. The van der Waals surface area contributed by atoms with E-state index in [1.807, 2.05) is 0 Å². The topological polar surface area (TPSA) is 9.86 Å². The summed E-state index contributed by atoms with van der Waals surface area (Å²) in [5.74, 6) is 0. The standard InChI is InChI=1S/C48H32N2/c1-3-12-33(13-4-1)35-22-26-39(27-23-35)49-45-20-9-7-18-41(45)43-31-37(24-28-47(43)49)38-25-29-48-44(32-38)42-19-8-10-21-46(42)50(48)40-17-11-16-36(30-40)34-14-5-2-6-15-34/h1-32H/i1D,2D,7D,8D,9D,10D,14D,16D,18D,19D,20D,21D,22D,24D,25D,28D,29D,31D,32D. The lowest BCUT2D eigenvalue weighted by atomic mass is 10.0. The molecule has 10 aromatic rings. The van der Waals surface area contributed by atoms with Gasteiger partial charge in [-0.15, -0.1) is 0 Å². The molecule has 10 rings (SSSR count). The summed E-state index contributed by atoms with van der Waals surface area (Å²) in [6.07, 6.45) is 0. The molecular formula is C48H32N2. The van der Waals surface area contributed by atoms with Gasteiger partial charge in [-0.25, -0.2) is 0 Å². The van der Waals surface area contributed by atoms with Gasteiger partial charge in [0.05, 0.1) is 48.1 Å². The molecule has 2 heterocycles.